The fraction of sp³-hybridized carbons (Fsp3) is 0.538. The zero-order chi connectivity index (χ0) is 13.1. The van der Waals surface area contributed by atoms with Crippen molar-refractivity contribution < 1.29 is 4.42 Å². The molecular formula is C13H20N4O. The smallest absolute Gasteiger partial charge is 0.211 e. The quantitative estimate of drug-likeness (QED) is 0.883. The molecule has 0 saturated heterocycles. The molecule has 0 aliphatic heterocycles. The Hall–Kier alpha value is -1.62. The van der Waals surface area contributed by atoms with Crippen molar-refractivity contribution in [3.8, 4) is 11.5 Å². The normalized spacial score (nSPS) is 12.9. The van der Waals surface area contributed by atoms with Gasteiger partial charge in [0.1, 0.15) is 5.69 Å². The second-order valence-corrected chi connectivity index (χ2v) is 4.53. The van der Waals surface area contributed by atoms with E-state index < -0.39 is 0 Å². The minimum absolute atomic E-state index is 0.132. The predicted molar refractivity (Wildman–Crippen MR) is 70.2 cm³/mol. The van der Waals surface area contributed by atoms with Crippen molar-refractivity contribution in [2.75, 3.05) is 6.54 Å². The van der Waals surface area contributed by atoms with Crippen LogP contribution in [-0.4, -0.2) is 21.3 Å². The third kappa shape index (κ3) is 2.61. The Morgan fingerprint density at radius 3 is 2.89 bits per heavy atom. The third-order valence-corrected chi connectivity index (χ3v) is 2.85. The molecule has 98 valence electrons. The van der Waals surface area contributed by atoms with E-state index in [1.165, 1.54) is 0 Å². The Labute approximate surface area is 107 Å². The number of nitrogens with one attached hydrogen (secondary N) is 1. The van der Waals surface area contributed by atoms with Crippen LogP contribution in [-0.2, 0) is 7.05 Å². The van der Waals surface area contributed by atoms with Crippen molar-refractivity contribution >= 4 is 0 Å². The predicted octanol–water partition coefficient (Wildman–Crippen LogP) is 2.44. The average Bonchev–Trinajstić information content (AvgIpc) is 2.92. The third-order valence-electron chi connectivity index (χ3n) is 2.85. The van der Waals surface area contributed by atoms with Gasteiger partial charge in [-0.2, -0.15) is 5.10 Å². The minimum Gasteiger partial charge on any atom is -0.437 e. The maximum Gasteiger partial charge on any atom is 0.211 e. The molecular weight excluding hydrogens is 228 g/mol. The molecule has 0 spiro atoms. The van der Waals surface area contributed by atoms with Gasteiger partial charge in [0, 0.05) is 7.05 Å². The Bertz CT molecular complexity index is 515. The summed E-state index contributed by atoms with van der Waals surface area (Å²) in [7, 11) is 1.91. The lowest BCUT2D eigenvalue weighted by molar-refractivity contribution is 0.421. The highest BCUT2D eigenvalue weighted by molar-refractivity contribution is 5.51. The molecule has 0 amide bonds. The Balaban J connectivity index is 2.17. The van der Waals surface area contributed by atoms with Crippen LogP contribution in [0.15, 0.2) is 16.7 Å². The van der Waals surface area contributed by atoms with Crippen LogP contribution < -0.4 is 5.32 Å². The van der Waals surface area contributed by atoms with E-state index in [0.29, 0.717) is 0 Å². The van der Waals surface area contributed by atoms with Gasteiger partial charge in [0.15, 0.2) is 5.76 Å². The fourth-order valence-electron chi connectivity index (χ4n) is 1.90. The molecule has 1 unspecified atom stereocenters. The fourth-order valence-corrected chi connectivity index (χ4v) is 1.90. The van der Waals surface area contributed by atoms with Crippen molar-refractivity contribution in [1.82, 2.24) is 20.1 Å². The van der Waals surface area contributed by atoms with E-state index in [2.05, 4.69) is 29.2 Å². The first-order valence-corrected chi connectivity index (χ1v) is 6.32. The second kappa shape index (κ2) is 5.35. The Morgan fingerprint density at radius 2 is 2.28 bits per heavy atom. The molecule has 0 aliphatic carbocycles. The first-order valence-electron chi connectivity index (χ1n) is 6.32. The lowest BCUT2D eigenvalue weighted by Gasteiger charge is -2.08. The van der Waals surface area contributed by atoms with E-state index in [4.69, 9.17) is 4.42 Å². The monoisotopic (exact) mass is 248 g/mol. The molecule has 1 atom stereocenters. The molecule has 5 heteroatoms. The molecule has 1 N–H and O–H groups in total. The van der Waals surface area contributed by atoms with E-state index in [1.54, 1.807) is 6.20 Å². The number of rotatable bonds is 5. The Morgan fingerprint density at radius 1 is 1.50 bits per heavy atom. The number of oxazole rings is 1. The topological polar surface area (TPSA) is 55.9 Å². The van der Waals surface area contributed by atoms with Gasteiger partial charge in [-0.05, 0) is 32.9 Å². The first kappa shape index (κ1) is 12.8. The van der Waals surface area contributed by atoms with Crippen LogP contribution in [0, 0.1) is 6.92 Å². The zero-order valence-corrected chi connectivity index (χ0v) is 11.4. The van der Waals surface area contributed by atoms with Gasteiger partial charge in [0.25, 0.3) is 0 Å². The number of aromatic nitrogens is 3. The van der Waals surface area contributed by atoms with Gasteiger partial charge in [-0.25, -0.2) is 4.98 Å². The molecule has 2 heterocycles. The summed E-state index contributed by atoms with van der Waals surface area (Å²) in [5, 5.41) is 7.66. The van der Waals surface area contributed by atoms with Gasteiger partial charge < -0.3 is 9.73 Å². The summed E-state index contributed by atoms with van der Waals surface area (Å²) in [6, 6.07) is 2.13. The van der Waals surface area contributed by atoms with Crippen LogP contribution in [0.4, 0.5) is 0 Å². The lowest BCUT2D eigenvalue weighted by Crippen LogP contribution is -2.19. The molecule has 2 aromatic rings. The lowest BCUT2D eigenvalue weighted by atomic mass is 10.3. The second-order valence-electron chi connectivity index (χ2n) is 4.53. The van der Waals surface area contributed by atoms with E-state index in [0.717, 1.165) is 36.0 Å². The minimum atomic E-state index is 0.132. The van der Waals surface area contributed by atoms with Crippen molar-refractivity contribution in [1.29, 1.82) is 0 Å². The molecule has 0 aromatic carbocycles. The van der Waals surface area contributed by atoms with Crippen LogP contribution in [0.2, 0.25) is 0 Å². The molecule has 18 heavy (non-hydrogen) atoms. The largest absolute Gasteiger partial charge is 0.437 e. The van der Waals surface area contributed by atoms with Gasteiger partial charge >= 0.3 is 0 Å². The highest BCUT2D eigenvalue weighted by Crippen LogP contribution is 2.23. The van der Waals surface area contributed by atoms with Gasteiger partial charge in [0.2, 0.25) is 5.89 Å². The van der Waals surface area contributed by atoms with Gasteiger partial charge in [0.05, 0.1) is 17.9 Å². The molecule has 0 aliphatic rings. The van der Waals surface area contributed by atoms with Gasteiger partial charge in [-0.15, -0.1) is 0 Å². The van der Waals surface area contributed by atoms with Crippen molar-refractivity contribution in [2.45, 2.75) is 33.2 Å². The molecule has 2 aromatic heterocycles. The average molecular weight is 248 g/mol. The number of hydrogen-bond donors (Lipinski definition) is 1. The van der Waals surface area contributed by atoms with Crippen LogP contribution in [0.5, 0.6) is 0 Å². The molecule has 0 fully saturated rings. The standard InChI is InChI=1S/C13H20N4O/c1-5-6-14-10(3)13-15-8-12(18-13)11-7-9(2)16-17(11)4/h7-8,10,14H,5-6H2,1-4H3. The molecule has 5 nitrogen and oxygen atoms in total. The number of hydrogen-bond acceptors (Lipinski definition) is 4. The maximum atomic E-state index is 5.79. The van der Waals surface area contributed by atoms with Gasteiger partial charge in [-0.3, -0.25) is 4.68 Å². The van der Waals surface area contributed by atoms with E-state index in [-0.39, 0.29) is 6.04 Å². The highest BCUT2D eigenvalue weighted by atomic mass is 16.4. The summed E-state index contributed by atoms with van der Waals surface area (Å²) >= 11 is 0. The molecule has 0 saturated carbocycles. The van der Waals surface area contributed by atoms with Gasteiger partial charge in [-0.1, -0.05) is 6.92 Å². The molecule has 0 radical (unpaired) electrons. The van der Waals surface area contributed by atoms with Crippen molar-refractivity contribution in [2.24, 2.45) is 7.05 Å². The SMILES string of the molecule is CCCNC(C)c1ncc(-c2cc(C)nn2C)o1. The van der Waals surface area contributed by atoms with E-state index >= 15 is 0 Å². The summed E-state index contributed by atoms with van der Waals surface area (Å²) in [5.41, 5.74) is 1.93. The summed E-state index contributed by atoms with van der Waals surface area (Å²) in [6.45, 7) is 7.12. The molecule has 2 rings (SSSR count). The van der Waals surface area contributed by atoms with Crippen molar-refractivity contribution in [3.63, 3.8) is 0 Å². The van der Waals surface area contributed by atoms with Crippen LogP contribution in [0.25, 0.3) is 11.5 Å². The van der Waals surface area contributed by atoms with Crippen LogP contribution in [0.1, 0.15) is 37.9 Å². The summed E-state index contributed by atoms with van der Waals surface area (Å²) in [5.74, 6) is 1.48. The van der Waals surface area contributed by atoms with Crippen LogP contribution in [0.3, 0.4) is 0 Å². The number of nitrogens with zero attached hydrogens (tertiary/aromatic N) is 3. The number of aryl methyl sites for hydroxylation is 2. The first-order chi connectivity index (χ1) is 8.61. The zero-order valence-electron chi connectivity index (χ0n) is 11.4. The highest BCUT2D eigenvalue weighted by Gasteiger charge is 2.14. The van der Waals surface area contributed by atoms with E-state index in [1.807, 2.05) is 24.7 Å². The van der Waals surface area contributed by atoms with E-state index in [9.17, 15) is 0 Å². The summed E-state index contributed by atoms with van der Waals surface area (Å²) in [4.78, 5) is 4.33. The summed E-state index contributed by atoms with van der Waals surface area (Å²) < 4.78 is 7.60. The van der Waals surface area contributed by atoms with Crippen LogP contribution >= 0.6 is 0 Å². The Kier molecular flexibility index (Phi) is 3.81. The van der Waals surface area contributed by atoms with Crippen molar-refractivity contribution in [3.05, 3.63) is 23.8 Å². The maximum absolute atomic E-state index is 5.79. The summed E-state index contributed by atoms with van der Waals surface area (Å²) in [6.07, 6.45) is 2.86. The molecule has 0 bridgehead atoms.